The number of hydrogen-bond donors (Lipinski definition) is 0. The zero-order valence-electron chi connectivity index (χ0n) is 18.6. The summed E-state index contributed by atoms with van der Waals surface area (Å²) in [6, 6.07) is 0. The molecule has 0 heterocycles. The summed E-state index contributed by atoms with van der Waals surface area (Å²) >= 11 is 0. The van der Waals surface area contributed by atoms with Gasteiger partial charge in [0.25, 0.3) is 0 Å². The van der Waals surface area contributed by atoms with Crippen molar-refractivity contribution in [3.8, 4) is 0 Å². The molecule has 0 fully saturated rings. The second kappa shape index (κ2) is 15.4. The summed E-state index contributed by atoms with van der Waals surface area (Å²) in [6.45, 7) is 13.8. The van der Waals surface area contributed by atoms with E-state index in [-0.39, 0.29) is 11.7 Å². The first-order valence-electron chi connectivity index (χ1n) is 10.6. The molecule has 1 amide bonds. The smallest absolute Gasteiger partial charge is 0.249 e. The molecule has 0 saturated carbocycles. The Labute approximate surface area is 167 Å². The van der Waals surface area contributed by atoms with Gasteiger partial charge in [0.1, 0.15) is 5.78 Å². The molecule has 0 aliphatic carbocycles. The average molecular weight is 376 g/mol. The molecule has 0 rings (SSSR count). The van der Waals surface area contributed by atoms with Crippen LogP contribution in [-0.4, -0.2) is 29.7 Å². The fraction of sp³-hybridized carbons (Fsp3) is 0.667. The Kier molecular flexibility index (Phi) is 14.5. The number of Topliss-reactive ketones (excluding diaryl/α,β-unsaturated/α-hetero) is 1. The van der Waals surface area contributed by atoms with Crippen LogP contribution < -0.4 is 0 Å². The van der Waals surface area contributed by atoms with Crippen LogP contribution in [0.3, 0.4) is 0 Å². The second-order valence-corrected chi connectivity index (χ2v) is 7.60. The lowest BCUT2D eigenvalue weighted by Crippen LogP contribution is -2.33. The van der Waals surface area contributed by atoms with Crippen LogP contribution in [0.5, 0.6) is 0 Å². The lowest BCUT2D eigenvalue weighted by atomic mass is 10.0. The lowest BCUT2D eigenvalue weighted by Gasteiger charge is -2.21. The summed E-state index contributed by atoms with van der Waals surface area (Å²) < 4.78 is 0. The average Bonchev–Trinajstić information content (AvgIpc) is 2.60. The van der Waals surface area contributed by atoms with Gasteiger partial charge in [-0.05, 0) is 72.6 Å². The van der Waals surface area contributed by atoms with Gasteiger partial charge in [-0.25, -0.2) is 0 Å². The van der Waals surface area contributed by atoms with Crippen molar-refractivity contribution in [3.63, 3.8) is 0 Å². The van der Waals surface area contributed by atoms with E-state index in [1.165, 1.54) is 11.1 Å². The molecule has 0 aromatic heterocycles. The van der Waals surface area contributed by atoms with E-state index < -0.39 is 0 Å². The molecule has 0 spiro atoms. The highest BCUT2D eigenvalue weighted by atomic mass is 16.2. The van der Waals surface area contributed by atoms with Crippen LogP contribution in [0.15, 0.2) is 34.9 Å². The van der Waals surface area contributed by atoms with Gasteiger partial charge in [0.15, 0.2) is 0 Å². The maximum atomic E-state index is 12.5. The highest BCUT2D eigenvalue weighted by Crippen LogP contribution is 2.13. The van der Waals surface area contributed by atoms with Crippen LogP contribution in [0, 0.1) is 0 Å². The SMILES string of the molecule is CCCN(CCC)C(=O)/C(C)=C/CC/C(C)=C/CC/C(C)=C/CCC(C)=O. The lowest BCUT2D eigenvalue weighted by molar-refractivity contribution is -0.127. The van der Waals surface area contributed by atoms with Crippen LogP contribution in [0.4, 0.5) is 0 Å². The van der Waals surface area contributed by atoms with E-state index in [4.69, 9.17) is 0 Å². The van der Waals surface area contributed by atoms with E-state index in [0.717, 1.165) is 63.6 Å². The van der Waals surface area contributed by atoms with E-state index in [9.17, 15) is 9.59 Å². The first-order valence-corrected chi connectivity index (χ1v) is 10.6. The van der Waals surface area contributed by atoms with Gasteiger partial charge < -0.3 is 9.69 Å². The van der Waals surface area contributed by atoms with E-state index in [1.807, 2.05) is 11.8 Å². The summed E-state index contributed by atoms with van der Waals surface area (Å²) in [5.41, 5.74) is 3.60. The third kappa shape index (κ3) is 13.2. The van der Waals surface area contributed by atoms with Gasteiger partial charge in [-0.3, -0.25) is 4.79 Å². The quantitative estimate of drug-likeness (QED) is 0.260. The van der Waals surface area contributed by atoms with Crippen LogP contribution in [0.1, 0.15) is 92.9 Å². The van der Waals surface area contributed by atoms with Crippen LogP contribution in [-0.2, 0) is 9.59 Å². The monoisotopic (exact) mass is 375 g/mol. The van der Waals surface area contributed by atoms with Gasteiger partial charge in [0.2, 0.25) is 5.91 Å². The molecule has 0 radical (unpaired) electrons. The molecular formula is C24H41NO2. The predicted octanol–water partition coefficient (Wildman–Crippen LogP) is 6.40. The minimum Gasteiger partial charge on any atom is -0.339 e. The standard InChI is InChI=1S/C24H41NO2/c1-7-18-25(19-8-2)24(27)22(5)16-10-14-20(3)12-9-13-21(4)15-11-17-23(6)26/h12,15-16H,7-11,13-14,17-19H2,1-6H3/b20-12+,21-15+,22-16+. The Hall–Kier alpha value is -1.64. The van der Waals surface area contributed by atoms with Crippen LogP contribution in [0.25, 0.3) is 0 Å². The van der Waals surface area contributed by atoms with Gasteiger partial charge >= 0.3 is 0 Å². The van der Waals surface area contributed by atoms with Gasteiger partial charge in [-0.15, -0.1) is 0 Å². The minimum atomic E-state index is 0.187. The summed E-state index contributed by atoms with van der Waals surface area (Å²) in [5, 5.41) is 0. The van der Waals surface area contributed by atoms with Crippen molar-refractivity contribution in [2.45, 2.75) is 92.9 Å². The summed E-state index contributed by atoms with van der Waals surface area (Å²) in [4.78, 5) is 25.4. The third-order valence-electron chi connectivity index (χ3n) is 4.62. The molecule has 0 aliphatic heterocycles. The van der Waals surface area contributed by atoms with Crippen molar-refractivity contribution in [1.29, 1.82) is 0 Å². The summed E-state index contributed by atoms with van der Waals surface area (Å²) in [5.74, 6) is 0.441. The van der Waals surface area contributed by atoms with Crippen molar-refractivity contribution >= 4 is 11.7 Å². The van der Waals surface area contributed by atoms with Crippen molar-refractivity contribution in [2.75, 3.05) is 13.1 Å². The molecule has 3 heteroatoms. The Bertz CT molecular complexity index is 535. The molecule has 0 saturated heterocycles. The molecule has 0 N–H and O–H groups in total. The van der Waals surface area contributed by atoms with Crippen LogP contribution in [0.2, 0.25) is 0 Å². The zero-order valence-corrected chi connectivity index (χ0v) is 18.6. The molecule has 0 aliphatic rings. The highest BCUT2D eigenvalue weighted by molar-refractivity contribution is 5.92. The third-order valence-corrected chi connectivity index (χ3v) is 4.62. The number of carbonyl (C=O) groups is 2. The van der Waals surface area contributed by atoms with E-state index in [1.54, 1.807) is 6.92 Å². The summed E-state index contributed by atoms with van der Waals surface area (Å²) in [7, 11) is 0. The molecule has 0 bridgehead atoms. The van der Waals surface area contributed by atoms with E-state index >= 15 is 0 Å². The Morgan fingerprint density at radius 3 is 1.59 bits per heavy atom. The largest absolute Gasteiger partial charge is 0.339 e. The normalized spacial score (nSPS) is 13.0. The number of hydrogen-bond acceptors (Lipinski definition) is 2. The Balaban J connectivity index is 4.33. The molecule has 27 heavy (non-hydrogen) atoms. The molecule has 154 valence electrons. The first kappa shape index (κ1) is 25.4. The van der Waals surface area contributed by atoms with Crippen LogP contribution >= 0.6 is 0 Å². The first-order chi connectivity index (χ1) is 12.8. The number of rotatable bonds is 14. The van der Waals surface area contributed by atoms with E-state index in [2.05, 4.69) is 45.9 Å². The number of nitrogens with zero attached hydrogens (tertiary/aromatic N) is 1. The molecule has 0 aromatic carbocycles. The van der Waals surface area contributed by atoms with Gasteiger partial charge in [0, 0.05) is 25.1 Å². The Morgan fingerprint density at radius 1 is 0.704 bits per heavy atom. The van der Waals surface area contributed by atoms with Crippen molar-refractivity contribution in [3.05, 3.63) is 34.9 Å². The predicted molar refractivity (Wildman–Crippen MR) is 117 cm³/mol. The highest BCUT2D eigenvalue weighted by Gasteiger charge is 2.12. The maximum absolute atomic E-state index is 12.5. The fourth-order valence-corrected chi connectivity index (χ4v) is 2.98. The second-order valence-electron chi connectivity index (χ2n) is 7.60. The molecule has 0 atom stereocenters. The fourth-order valence-electron chi connectivity index (χ4n) is 2.98. The topological polar surface area (TPSA) is 37.4 Å². The van der Waals surface area contributed by atoms with Crippen molar-refractivity contribution in [1.82, 2.24) is 4.90 Å². The maximum Gasteiger partial charge on any atom is 0.249 e. The van der Waals surface area contributed by atoms with Gasteiger partial charge in [-0.2, -0.15) is 0 Å². The van der Waals surface area contributed by atoms with Gasteiger partial charge in [0.05, 0.1) is 0 Å². The molecule has 0 unspecified atom stereocenters. The molecular weight excluding hydrogens is 334 g/mol. The molecule has 0 aromatic rings. The van der Waals surface area contributed by atoms with Crippen molar-refractivity contribution < 1.29 is 9.59 Å². The van der Waals surface area contributed by atoms with Crippen molar-refractivity contribution in [2.24, 2.45) is 0 Å². The minimum absolute atomic E-state index is 0.187. The Morgan fingerprint density at radius 2 is 1.15 bits per heavy atom. The zero-order chi connectivity index (χ0) is 20.7. The summed E-state index contributed by atoms with van der Waals surface area (Å²) in [6.07, 6.45) is 14.1. The number of carbonyl (C=O) groups excluding carboxylic acids is 2. The number of allylic oxidation sites excluding steroid dienone is 5. The molecule has 3 nitrogen and oxygen atoms in total. The number of ketones is 1. The van der Waals surface area contributed by atoms with Gasteiger partial charge in [-0.1, -0.05) is 43.2 Å². The van der Waals surface area contributed by atoms with E-state index in [0.29, 0.717) is 6.42 Å². The number of amides is 1.